The minimum atomic E-state index is -0.330. The molecule has 2 aromatic heterocycles. The third-order valence-electron chi connectivity index (χ3n) is 2.55. The number of thioether (sulfide) groups is 1. The van der Waals surface area contributed by atoms with Crippen LogP contribution in [0.2, 0.25) is 5.02 Å². The summed E-state index contributed by atoms with van der Waals surface area (Å²) in [4.78, 5) is 11.4. The summed E-state index contributed by atoms with van der Waals surface area (Å²) in [5, 5.41) is 11.9. The van der Waals surface area contributed by atoms with E-state index in [0.717, 1.165) is 21.4 Å². The van der Waals surface area contributed by atoms with Gasteiger partial charge in [0.25, 0.3) is 0 Å². The van der Waals surface area contributed by atoms with Gasteiger partial charge in [0.2, 0.25) is 0 Å². The Labute approximate surface area is 117 Å². The van der Waals surface area contributed by atoms with Crippen molar-refractivity contribution < 1.29 is 0 Å². The van der Waals surface area contributed by atoms with Crippen molar-refractivity contribution in [2.24, 2.45) is 0 Å². The Morgan fingerprint density at radius 1 is 1.21 bits per heavy atom. The monoisotopic (exact) mass is 292 g/mol. The summed E-state index contributed by atoms with van der Waals surface area (Å²) < 4.78 is 1.25. The molecular weight excluding hydrogens is 284 g/mol. The maximum Gasteiger partial charge on any atom is 0.364 e. The lowest BCUT2D eigenvalue weighted by molar-refractivity contribution is 0.820. The zero-order valence-corrected chi connectivity index (χ0v) is 11.3. The molecule has 7 heteroatoms. The third-order valence-corrected chi connectivity index (χ3v) is 3.79. The Hall–Kier alpha value is -1.79. The maximum absolute atomic E-state index is 11.4. The molecule has 0 amide bonds. The van der Waals surface area contributed by atoms with E-state index in [0.29, 0.717) is 5.65 Å². The van der Waals surface area contributed by atoms with Gasteiger partial charge in [-0.3, -0.25) is 0 Å². The Bertz CT molecular complexity index is 765. The number of halogens is 1. The van der Waals surface area contributed by atoms with Gasteiger partial charge in [0.1, 0.15) is 5.03 Å². The van der Waals surface area contributed by atoms with Crippen molar-refractivity contribution >= 4 is 29.0 Å². The molecule has 1 N–H and O–H groups in total. The fourth-order valence-electron chi connectivity index (χ4n) is 1.60. The normalized spacial score (nSPS) is 11.0. The lowest BCUT2D eigenvalue weighted by Crippen LogP contribution is -2.12. The van der Waals surface area contributed by atoms with E-state index in [1.807, 2.05) is 30.3 Å². The van der Waals surface area contributed by atoms with Crippen LogP contribution < -0.4 is 5.69 Å². The standard InChI is InChI=1S/C12H9ClN4OS/c13-9-3-1-8(2-4-9)7-19-11-6-5-10-14-15-12(18)17(10)16-11/h1-6H,7H2,(H,15,18). The predicted octanol–water partition coefficient (Wildman–Crippen LogP) is 2.36. The number of nitrogens with zero attached hydrogens (tertiary/aromatic N) is 3. The second-order valence-corrected chi connectivity index (χ2v) is 5.32. The fourth-order valence-corrected chi connectivity index (χ4v) is 2.54. The van der Waals surface area contributed by atoms with Crippen LogP contribution in [0.15, 0.2) is 46.2 Å². The number of fused-ring (bicyclic) bond motifs is 1. The Balaban J connectivity index is 1.79. The summed E-state index contributed by atoms with van der Waals surface area (Å²) in [6, 6.07) is 11.3. The van der Waals surface area contributed by atoms with Crippen molar-refractivity contribution in [2.45, 2.75) is 10.8 Å². The summed E-state index contributed by atoms with van der Waals surface area (Å²) in [5.74, 6) is 0.766. The molecule has 0 fully saturated rings. The van der Waals surface area contributed by atoms with Crippen molar-refractivity contribution in [1.82, 2.24) is 19.8 Å². The van der Waals surface area contributed by atoms with Gasteiger partial charge in [-0.15, -0.1) is 0 Å². The van der Waals surface area contributed by atoms with Crippen LogP contribution in [0.4, 0.5) is 0 Å². The Kier molecular flexibility index (Phi) is 3.27. The van der Waals surface area contributed by atoms with E-state index in [4.69, 9.17) is 11.6 Å². The van der Waals surface area contributed by atoms with E-state index in [1.54, 1.807) is 17.8 Å². The molecule has 0 radical (unpaired) electrons. The van der Waals surface area contributed by atoms with E-state index in [-0.39, 0.29) is 5.69 Å². The number of nitrogens with one attached hydrogen (secondary N) is 1. The molecule has 0 aliphatic carbocycles. The van der Waals surface area contributed by atoms with Gasteiger partial charge in [0, 0.05) is 10.8 Å². The highest BCUT2D eigenvalue weighted by Crippen LogP contribution is 2.21. The topological polar surface area (TPSA) is 63.0 Å². The first kappa shape index (κ1) is 12.3. The van der Waals surface area contributed by atoms with Gasteiger partial charge in [-0.2, -0.15) is 14.7 Å². The number of aromatic nitrogens is 4. The van der Waals surface area contributed by atoms with Crippen LogP contribution in [-0.2, 0) is 5.75 Å². The van der Waals surface area contributed by atoms with Crippen LogP contribution in [-0.4, -0.2) is 19.8 Å². The summed E-state index contributed by atoms with van der Waals surface area (Å²) in [6.45, 7) is 0. The second kappa shape index (κ2) is 5.07. The van der Waals surface area contributed by atoms with Crippen LogP contribution in [0, 0.1) is 0 Å². The third kappa shape index (κ3) is 2.64. The maximum atomic E-state index is 11.4. The van der Waals surface area contributed by atoms with Crippen molar-refractivity contribution in [3.63, 3.8) is 0 Å². The fraction of sp³-hybridized carbons (Fsp3) is 0.0833. The highest BCUT2D eigenvalue weighted by molar-refractivity contribution is 7.98. The molecule has 0 aliphatic heterocycles. The highest BCUT2D eigenvalue weighted by atomic mass is 35.5. The largest absolute Gasteiger partial charge is 0.364 e. The number of benzene rings is 1. The molecule has 0 spiro atoms. The van der Waals surface area contributed by atoms with Crippen molar-refractivity contribution in [3.05, 3.63) is 57.5 Å². The second-order valence-electron chi connectivity index (χ2n) is 3.89. The van der Waals surface area contributed by atoms with E-state index < -0.39 is 0 Å². The molecule has 0 unspecified atom stereocenters. The molecule has 0 aliphatic rings. The van der Waals surface area contributed by atoms with Crippen LogP contribution in [0.3, 0.4) is 0 Å². The van der Waals surface area contributed by atoms with Crippen molar-refractivity contribution in [3.8, 4) is 0 Å². The van der Waals surface area contributed by atoms with E-state index >= 15 is 0 Å². The molecule has 96 valence electrons. The molecule has 5 nitrogen and oxygen atoms in total. The minimum Gasteiger partial charge on any atom is -0.244 e. The quantitative estimate of drug-likeness (QED) is 0.753. The summed E-state index contributed by atoms with van der Waals surface area (Å²) in [6.07, 6.45) is 0. The molecule has 0 atom stereocenters. The first-order valence-electron chi connectivity index (χ1n) is 5.54. The molecule has 19 heavy (non-hydrogen) atoms. The van der Waals surface area contributed by atoms with Gasteiger partial charge in [-0.1, -0.05) is 35.5 Å². The van der Waals surface area contributed by atoms with Gasteiger partial charge in [-0.05, 0) is 29.8 Å². The van der Waals surface area contributed by atoms with E-state index in [2.05, 4.69) is 15.3 Å². The van der Waals surface area contributed by atoms with Crippen molar-refractivity contribution in [2.75, 3.05) is 0 Å². The number of H-pyrrole nitrogens is 1. The molecule has 3 rings (SSSR count). The van der Waals surface area contributed by atoms with Gasteiger partial charge in [-0.25, -0.2) is 9.89 Å². The SMILES string of the molecule is O=c1[nH]nc2ccc(SCc3ccc(Cl)cc3)nn12. The van der Waals surface area contributed by atoms with Gasteiger partial charge in [0.05, 0.1) is 0 Å². The Morgan fingerprint density at radius 2 is 2.00 bits per heavy atom. The lowest BCUT2D eigenvalue weighted by atomic mass is 10.2. The molecule has 1 aromatic carbocycles. The summed E-state index contributed by atoms with van der Waals surface area (Å²) in [5.41, 5.74) is 1.33. The van der Waals surface area contributed by atoms with E-state index in [9.17, 15) is 4.79 Å². The molecular formula is C12H9ClN4OS. The molecule has 0 saturated heterocycles. The number of aromatic amines is 1. The zero-order chi connectivity index (χ0) is 13.2. The van der Waals surface area contributed by atoms with Crippen molar-refractivity contribution in [1.29, 1.82) is 0 Å². The zero-order valence-electron chi connectivity index (χ0n) is 9.71. The smallest absolute Gasteiger partial charge is 0.244 e. The van der Waals surface area contributed by atoms with E-state index in [1.165, 1.54) is 4.52 Å². The average Bonchev–Trinajstić information content (AvgIpc) is 2.80. The Morgan fingerprint density at radius 3 is 2.79 bits per heavy atom. The average molecular weight is 293 g/mol. The molecule has 2 heterocycles. The number of hydrogen-bond donors (Lipinski definition) is 1. The van der Waals surface area contributed by atoms with Gasteiger partial charge in [0.15, 0.2) is 5.65 Å². The predicted molar refractivity (Wildman–Crippen MR) is 74.6 cm³/mol. The van der Waals surface area contributed by atoms with Crippen LogP contribution in [0.1, 0.15) is 5.56 Å². The van der Waals surface area contributed by atoms with Gasteiger partial charge < -0.3 is 0 Å². The first-order chi connectivity index (χ1) is 9.22. The summed E-state index contributed by atoms with van der Waals surface area (Å²) >= 11 is 7.38. The lowest BCUT2D eigenvalue weighted by Gasteiger charge is -2.01. The number of rotatable bonds is 3. The summed E-state index contributed by atoms with van der Waals surface area (Å²) in [7, 11) is 0. The molecule has 0 saturated carbocycles. The minimum absolute atomic E-state index is 0.330. The first-order valence-corrected chi connectivity index (χ1v) is 6.90. The highest BCUT2D eigenvalue weighted by Gasteiger charge is 2.03. The molecule has 0 bridgehead atoms. The number of hydrogen-bond acceptors (Lipinski definition) is 4. The van der Waals surface area contributed by atoms with Crippen LogP contribution in [0.25, 0.3) is 5.65 Å². The molecule has 3 aromatic rings. The van der Waals surface area contributed by atoms with Crippen LogP contribution >= 0.6 is 23.4 Å². The van der Waals surface area contributed by atoms with Crippen LogP contribution in [0.5, 0.6) is 0 Å². The van der Waals surface area contributed by atoms with Gasteiger partial charge >= 0.3 is 5.69 Å².